The highest BCUT2D eigenvalue weighted by Gasteiger charge is 2.38. The van der Waals surface area contributed by atoms with Gasteiger partial charge in [-0.1, -0.05) is 0 Å². The highest BCUT2D eigenvalue weighted by Crippen LogP contribution is 2.31. The molecule has 3 aliphatic heterocycles. The van der Waals surface area contributed by atoms with Crippen LogP contribution in [0.1, 0.15) is 32.1 Å². The molecule has 0 spiro atoms. The molecule has 27 heavy (non-hydrogen) atoms. The minimum absolute atomic E-state index is 0.0108. The number of rotatable bonds is 4. The summed E-state index contributed by atoms with van der Waals surface area (Å²) in [4.78, 5) is 34.4. The Labute approximate surface area is 159 Å². The van der Waals surface area contributed by atoms with Crippen molar-refractivity contribution in [2.45, 2.75) is 44.2 Å². The molecular weight excluding hydrogens is 346 g/mol. The van der Waals surface area contributed by atoms with E-state index in [1.54, 1.807) is 6.20 Å². The first-order valence-corrected chi connectivity index (χ1v) is 9.85. The lowest BCUT2D eigenvalue weighted by Crippen LogP contribution is -2.49. The topological polar surface area (TPSA) is 92.0 Å². The fraction of sp³-hybridized carbons (Fsp3) is 0.632. The Kier molecular flexibility index (Phi) is 5.05. The molecule has 2 atom stereocenters. The van der Waals surface area contributed by atoms with Gasteiger partial charge in [-0.25, -0.2) is 9.78 Å². The number of hydrogen-bond acceptors (Lipinski definition) is 5. The van der Waals surface area contributed by atoms with Crippen LogP contribution >= 0.6 is 0 Å². The highest BCUT2D eigenvalue weighted by molar-refractivity contribution is 5.87. The zero-order valence-corrected chi connectivity index (χ0v) is 15.5. The van der Waals surface area contributed by atoms with Crippen LogP contribution in [-0.4, -0.2) is 71.6 Å². The van der Waals surface area contributed by atoms with Crippen LogP contribution in [0.5, 0.6) is 5.75 Å². The zero-order valence-electron chi connectivity index (χ0n) is 15.5. The van der Waals surface area contributed by atoms with Crippen LogP contribution in [0, 0.1) is 0 Å². The molecule has 2 N–H and O–H groups in total. The van der Waals surface area contributed by atoms with Crippen molar-refractivity contribution in [1.29, 1.82) is 0 Å². The molecule has 3 aliphatic rings. The van der Waals surface area contributed by atoms with Crippen molar-refractivity contribution < 1.29 is 14.3 Å². The quantitative estimate of drug-likeness (QED) is 0.856. The summed E-state index contributed by atoms with van der Waals surface area (Å²) in [6.45, 7) is 3.76. The van der Waals surface area contributed by atoms with Gasteiger partial charge < -0.3 is 25.2 Å². The summed E-state index contributed by atoms with van der Waals surface area (Å²) in [6, 6.07) is 2.91. The molecule has 0 aromatic carbocycles. The van der Waals surface area contributed by atoms with Crippen LogP contribution in [0.25, 0.3) is 0 Å². The predicted molar refractivity (Wildman–Crippen MR) is 101 cm³/mol. The van der Waals surface area contributed by atoms with Crippen LogP contribution in [0.4, 0.5) is 10.6 Å². The largest absolute Gasteiger partial charge is 0.485 e. The van der Waals surface area contributed by atoms with Crippen molar-refractivity contribution in [3.63, 3.8) is 0 Å². The average Bonchev–Trinajstić information content (AvgIpc) is 3.42. The van der Waals surface area contributed by atoms with Crippen molar-refractivity contribution in [2.75, 3.05) is 37.6 Å². The Balaban J connectivity index is 1.39. The molecular formula is C19H27N5O3. The summed E-state index contributed by atoms with van der Waals surface area (Å²) in [5.41, 5.74) is 5.41. The molecule has 0 saturated carbocycles. The number of nitrogens with two attached hydrogens (primary N) is 1. The van der Waals surface area contributed by atoms with Gasteiger partial charge >= 0.3 is 6.03 Å². The van der Waals surface area contributed by atoms with E-state index in [1.807, 2.05) is 17.0 Å². The number of likely N-dealkylation sites (tertiary alicyclic amines) is 2. The molecule has 3 amide bonds. The van der Waals surface area contributed by atoms with Gasteiger partial charge in [0.05, 0.1) is 6.54 Å². The van der Waals surface area contributed by atoms with Crippen molar-refractivity contribution in [2.24, 2.45) is 5.73 Å². The van der Waals surface area contributed by atoms with E-state index < -0.39 is 12.1 Å². The molecule has 3 saturated heterocycles. The minimum atomic E-state index is -0.511. The van der Waals surface area contributed by atoms with Crippen LogP contribution in [0.15, 0.2) is 18.3 Å². The molecule has 3 fully saturated rings. The number of urea groups is 1. The molecule has 1 unspecified atom stereocenters. The first-order valence-electron chi connectivity index (χ1n) is 9.85. The highest BCUT2D eigenvalue weighted by atomic mass is 16.5. The third-order valence-electron chi connectivity index (χ3n) is 5.73. The molecule has 1 aromatic rings. The summed E-state index contributed by atoms with van der Waals surface area (Å²) in [7, 11) is 0. The number of carbonyl (C=O) groups excluding carboxylic acids is 2. The van der Waals surface area contributed by atoms with Gasteiger partial charge in [0.1, 0.15) is 12.1 Å². The number of nitrogens with zero attached hydrogens (tertiary/aromatic N) is 4. The Hall–Kier alpha value is -2.51. The number of carbonyl (C=O) groups is 2. The number of primary amides is 1. The summed E-state index contributed by atoms with van der Waals surface area (Å²) in [5.74, 6) is 1.68. The summed E-state index contributed by atoms with van der Waals surface area (Å²) in [6.07, 6.45) is 6.39. The molecule has 1 aromatic heterocycles. The molecule has 4 rings (SSSR count). The van der Waals surface area contributed by atoms with Gasteiger partial charge in [-0.2, -0.15) is 0 Å². The summed E-state index contributed by atoms with van der Waals surface area (Å²) >= 11 is 0. The van der Waals surface area contributed by atoms with Crippen LogP contribution in [0.3, 0.4) is 0 Å². The lowest BCUT2D eigenvalue weighted by molar-refractivity contribution is -0.134. The predicted octanol–water partition coefficient (Wildman–Crippen LogP) is 1.20. The summed E-state index contributed by atoms with van der Waals surface area (Å²) in [5, 5.41) is 0. The molecule has 0 radical (unpaired) electrons. The normalized spacial score (nSPS) is 25.3. The molecule has 146 valence electrons. The lowest BCUT2D eigenvalue weighted by Gasteiger charge is -2.27. The Morgan fingerprint density at radius 2 is 1.93 bits per heavy atom. The van der Waals surface area contributed by atoms with Gasteiger partial charge in [-0.05, 0) is 37.8 Å². The van der Waals surface area contributed by atoms with E-state index in [1.165, 1.54) is 17.7 Å². The van der Waals surface area contributed by atoms with Gasteiger partial charge in [0.25, 0.3) is 0 Å². The summed E-state index contributed by atoms with van der Waals surface area (Å²) < 4.78 is 6.23. The van der Waals surface area contributed by atoms with Crippen LogP contribution in [0.2, 0.25) is 0 Å². The second-order valence-corrected chi connectivity index (χ2v) is 7.52. The van der Waals surface area contributed by atoms with E-state index in [0.29, 0.717) is 26.1 Å². The molecule has 8 nitrogen and oxygen atoms in total. The van der Waals surface area contributed by atoms with Gasteiger partial charge in [0.2, 0.25) is 5.91 Å². The smallest absolute Gasteiger partial charge is 0.315 e. The number of amides is 3. The van der Waals surface area contributed by atoms with Crippen molar-refractivity contribution in [1.82, 2.24) is 14.8 Å². The number of pyridine rings is 1. The Morgan fingerprint density at radius 1 is 1.11 bits per heavy atom. The average molecular weight is 373 g/mol. The minimum Gasteiger partial charge on any atom is -0.485 e. The monoisotopic (exact) mass is 373 g/mol. The molecule has 4 heterocycles. The lowest BCUT2D eigenvalue weighted by atomic mass is 10.2. The number of ether oxygens (including phenoxy) is 1. The fourth-order valence-corrected chi connectivity index (χ4v) is 4.34. The maximum Gasteiger partial charge on any atom is 0.315 e. The first-order chi connectivity index (χ1) is 13.1. The number of aromatic nitrogens is 1. The second-order valence-electron chi connectivity index (χ2n) is 7.52. The van der Waals surface area contributed by atoms with Gasteiger partial charge in [-0.15, -0.1) is 0 Å². The van der Waals surface area contributed by atoms with Crippen molar-refractivity contribution >= 4 is 17.8 Å². The maximum absolute atomic E-state index is 12.8. The van der Waals surface area contributed by atoms with Crippen molar-refractivity contribution in [3.8, 4) is 5.75 Å². The number of anilines is 1. The molecule has 8 heteroatoms. The van der Waals surface area contributed by atoms with Crippen LogP contribution in [-0.2, 0) is 4.79 Å². The molecule has 0 bridgehead atoms. The van der Waals surface area contributed by atoms with Gasteiger partial charge in [0, 0.05) is 38.8 Å². The Morgan fingerprint density at radius 3 is 2.70 bits per heavy atom. The van der Waals surface area contributed by atoms with E-state index in [0.717, 1.165) is 37.5 Å². The number of hydrogen-bond donors (Lipinski definition) is 1. The third-order valence-corrected chi connectivity index (χ3v) is 5.73. The van der Waals surface area contributed by atoms with Gasteiger partial charge in [-0.3, -0.25) is 4.79 Å². The first kappa shape index (κ1) is 17.9. The Bertz CT molecular complexity index is 706. The van der Waals surface area contributed by atoms with E-state index in [4.69, 9.17) is 10.5 Å². The maximum atomic E-state index is 12.8. The van der Waals surface area contributed by atoms with E-state index >= 15 is 0 Å². The third kappa shape index (κ3) is 3.65. The standard InChI is InChI=1S/C19H27N5O3/c20-19(26)24-11-4-5-15(24)18(25)23-12-7-14(13-23)27-16-6-3-8-21-17(16)22-9-1-2-10-22/h3,6,8,14-15H,1-2,4-5,7,9-13H2,(H2,20,26)/t14?,15-/m0/s1. The SMILES string of the molecule is NC(=O)N1CCC[C@H]1C(=O)N1CCC(Oc2cccnc2N2CCCC2)C1. The molecule has 0 aliphatic carbocycles. The van der Waals surface area contributed by atoms with Crippen LogP contribution < -0.4 is 15.4 Å². The van der Waals surface area contributed by atoms with E-state index in [9.17, 15) is 9.59 Å². The zero-order chi connectivity index (χ0) is 18.8. The fourth-order valence-electron chi connectivity index (χ4n) is 4.34. The second kappa shape index (κ2) is 7.62. The van der Waals surface area contributed by atoms with E-state index in [2.05, 4.69) is 9.88 Å². The van der Waals surface area contributed by atoms with Gasteiger partial charge in [0.15, 0.2) is 11.6 Å². The van der Waals surface area contributed by atoms with E-state index in [-0.39, 0.29) is 12.0 Å². The van der Waals surface area contributed by atoms with Crippen molar-refractivity contribution in [3.05, 3.63) is 18.3 Å².